The molecule has 3 heterocycles. The summed E-state index contributed by atoms with van der Waals surface area (Å²) in [6, 6.07) is 7.18. The van der Waals surface area contributed by atoms with Gasteiger partial charge in [0.25, 0.3) is 0 Å². The fourth-order valence-corrected chi connectivity index (χ4v) is 1.59. The Bertz CT molecular complexity index is 647. The van der Waals surface area contributed by atoms with Gasteiger partial charge in [-0.25, -0.2) is 9.50 Å². The number of hydrogen-bond acceptors (Lipinski definition) is 4. The molecule has 5 heteroatoms. The van der Waals surface area contributed by atoms with Crippen molar-refractivity contribution in [2.45, 2.75) is 0 Å². The first kappa shape index (κ1) is 8.84. The Morgan fingerprint density at radius 3 is 3.00 bits per heavy atom. The average Bonchev–Trinajstić information content (AvgIpc) is 2.72. The molecule has 0 spiro atoms. The van der Waals surface area contributed by atoms with Gasteiger partial charge in [0.05, 0.1) is 17.3 Å². The van der Waals surface area contributed by atoms with Crippen LogP contribution in [0.3, 0.4) is 0 Å². The van der Waals surface area contributed by atoms with Gasteiger partial charge < -0.3 is 5.11 Å². The maximum atomic E-state index is 9.31. The second kappa shape index (κ2) is 3.30. The van der Waals surface area contributed by atoms with Crippen LogP contribution in [0, 0.1) is 0 Å². The number of fused-ring (bicyclic) bond motifs is 1. The highest BCUT2D eigenvalue weighted by Crippen LogP contribution is 2.21. The zero-order chi connectivity index (χ0) is 11.0. The number of aromatic hydroxyl groups is 1. The summed E-state index contributed by atoms with van der Waals surface area (Å²) in [4.78, 5) is 8.06. The van der Waals surface area contributed by atoms with E-state index in [2.05, 4.69) is 15.1 Å². The van der Waals surface area contributed by atoms with Crippen molar-refractivity contribution in [3.8, 4) is 17.3 Å². The lowest BCUT2D eigenvalue weighted by molar-refractivity contribution is 0.453. The third-order valence-electron chi connectivity index (χ3n) is 2.31. The highest BCUT2D eigenvalue weighted by atomic mass is 16.3. The molecule has 3 aromatic heterocycles. The quantitative estimate of drug-likeness (QED) is 0.663. The second-order valence-electron chi connectivity index (χ2n) is 3.33. The molecule has 0 saturated heterocycles. The van der Waals surface area contributed by atoms with Crippen LogP contribution < -0.4 is 0 Å². The number of nitrogens with zero attached hydrogens (tertiary/aromatic N) is 4. The van der Waals surface area contributed by atoms with Crippen LogP contribution in [-0.2, 0) is 0 Å². The average molecular weight is 212 g/mol. The highest BCUT2D eigenvalue weighted by molar-refractivity contribution is 5.75. The van der Waals surface area contributed by atoms with Crippen molar-refractivity contribution >= 4 is 5.52 Å². The van der Waals surface area contributed by atoms with Gasteiger partial charge in [0, 0.05) is 18.5 Å². The van der Waals surface area contributed by atoms with Gasteiger partial charge in [-0.3, -0.25) is 0 Å². The standard InChI is InChI=1S/C11H8N4O/c16-10-4-5-12-11(14-10)8-7-13-15-6-2-1-3-9(8)15/h1-7H,(H,12,14,16). The number of pyridine rings is 1. The minimum atomic E-state index is -0.0414. The van der Waals surface area contributed by atoms with Crippen molar-refractivity contribution < 1.29 is 5.11 Å². The van der Waals surface area contributed by atoms with Crippen LogP contribution in [0.4, 0.5) is 0 Å². The summed E-state index contributed by atoms with van der Waals surface area (Å²) >= 11 is 0. The first-order valence-corrected chi connectivity index (χ1v) is 4.79. The molecule has 78 valence electrons. The molecule has 0 aliphatic rings. The Hall–Kier alpha value is -2.43. The van der Waals surface area contributed by atoms with Gasteiger partial charge in [-0.1, -0.05) is 6.07 Å². The second-order valence-corrected chi connectivity index (χ2v) is 3.33. The van der Waals surface area contributed by atoms with Crippen LogP contribution in [0.5, 0.6) is 5.88 Å². The summed E-state index contributed by atoms with van der Waals surface area (Å²) in [5.74, 6) is 0.432. The van der Waals surface area contributed by atoms with Gasteiger partial charge in [-0.05, 0) is 12.1 Å². The fraction of sp³-hybridized carbons (Fsp3) is 0. The van der Waals surface area contributed by atoms with E-state index in [0.717, 1.165) is 11.1 Å². The minimum Gasteiger partial charge on any atom is -0.493 e. The molecular formula is C11H8N4O. The van der Waals surface area contributed by atoms with E-state index in [0.29, 0.717) is 5.82 Å². The van der Waals surface area contributed by atoms with Crippen LogP contribution in [0.2, 0.25) is 0 Å². The molecule has 0 saturated carbocycles. The van der Waals surface area contributed by atoms with E-state index in [9.17, 15) is 5.11 Å². The van der Waals surface area contributed by atoms with Crippen LogP contribution in [0.1, 0.15) is 0 Å². The lowest BCUT2D eigenvalue weighted by Gasteiger charge is -1.97. The van der Waals surface area contributed by atoms with E-state index in [1.807, 2.05) is 24.4 Å². The van der Waals surface area contributed by atoms with Gasteiger partial charge in [0.2, 0.25) is 5.88 Å². The molecular weight excluding hydrogens is 204 g/mol. The zero-order valence-corrected chi connectivity index (χ0v) is 8.28. The van der Waals surface area contributed by atoms with Crippen molar-refractivity contribution in [1.82, 2.24) is 19.6 Å². The van der Waals surface area contributed by atoms with Gasteiger partial charge in [0.15, 0.2) is 5.82 Å². The first-order chi connectivity index (χ1) is 7.84. The van der Waals surface area contributed by atoms with Crippen molar-refractivity contribution in [1.29, 1.82) is 0 Å². The van der Waals surface area contributed by atoms with Crippen LogP contribution in [0.15, 0.2) is 42.9 Å². The Morgan fingerprint density at radius 2 is 2.12 bits per heavy atom. The summed E-state index contributed by atoms with van der Waals surface area (Å²) in [7, 11) is 0. The van der Waals surface area contributed by atoms with E-state index < -0.39 is 0 Å². The van der Waals surface area contributed by atoms with E-state index in [1.54, 1.807) is 10.7 Å². The molecule has 0 aliphatic heterocycles. The molecule has 3 aromatic rings. The summed E-state index contributed by atoms with van der Waals surface area (Å²) in [6.07, 6.45) is 5.05. The van der Waals surface area contributed by atoms with Crippen LogP contribution in [0.25, 0.3) is 16.9 Å². The highest BCUT2D eigenvalue weighted by Gasteiger charge is 2.08. The smallest absolute Gasteiger partial charge is 0.214 e. The van der Waals surface area contributed by atoms with Gasteiger partial charge in [-0.2, -0.15) is 10.1 Å². The van der Waals surface area contributed by atoms with Crippen LogP contribution in [-0.4, -0.2) is 24.7 Å². The Labute approximate surface area is 91.0 Å². The molecule has 0 amide bonds. The molecule has 0 fully saturated rings. The SMILES string of the molecule is Oc1ccnc(-c2cnn3ccccc23)n1. The largest absolute Gasteiger partial charge is 0.493 e. The normalized spacial score (nSPS) is 10.8. The van der Waals surface area contributed by atoms with Gasteiger partial charge >= 0.3 is 0 Å². The molecule has 0 unspecified atom stereocenters. The summed E-state index contributed by atoms with van der Waals surface area (Å²) < 4.78 is 1.74. The molecule has 0 bridgehead atoms. The van der Waals surface area contributed by atoms with Gasteiger partial charge in [0.1, 0.15) is 0 Å². The van der Waals surface area contributed by atoms with Crippen molar-refractivity contribution in [2.24, 2.45) is 0 Å². The zero-order valence-electron chi connectivity index (χ0n) is 8.28. The fourth-order valence-electron chi connectivity index (χ4n) is 1.59. The lowest BCUT2D eigenvalue weighted by atomic mass is 10.2. The summed E-state index contributed by atoms with van der Waals surface area (Å²) in [5, 5.41) is 13.5. The number of rotatable bonds is 1. The third-order valence-corrected chi connectivity index (χ3v) is 2.31. The molecule has 0 radical (unpaired) electrons. The molecule has 3 rings (SSSR count). The van der Waals surface area contributed by atoms with E-state index >= 15 is 0 Å². The van der Waals surface area contributed by atoms with Crippen LogP contribution >= 0.6 is 0 Å². The molecule has 0 aromatic carbocycles. The molecule has 0 atom stereocenters. The number of aromatic nitrogens is 4. The minimum absolute atomic E-state index is 0.0414. The third kappa shape index (κ3) is 1.30. The molecule has 5 nitrogen and oxygen atoms in total. The Balaban J connectivity index is 2.26. The van der Waals surface area contributed by atoms with Gasteiger partial charge in [-0.15, -0.1) is 0 Å². The number of hydrogen-bond donors (Lipinski definition) is 1. The Morgan fingerprint density at radius 1 is 1.19 bits per heavy atom. The predicted molar refractivity (Wildman–Crippen MR) is 57.9 cm³/mol. The van der Waals surface area contributed by atoms with Crippen molar-refractivity contribution in [3.63, 3.8) is 0 Å². The maximum Gasteiger partial charge on any atom is 0.214 e. The van der Waals surface area contributed by atoms with E-state index in [1.165, 1.54) is 12.3 Å². The van der Waals surface area contributed by atoms with E-state index in [-0.39, 0.29) is 5.88 Å². The van der Waals surface area contributed by atoms with E-state index in [4.69, 9.17) is 0 Å². The maximum absolute atomic E-state index is 9.31. The Kier molecular flexibility index (Phi) is 1.83. The molecule has 16 heavy (non-hydrogen) atoms. The summed E-state index contributed by atoms with van der Waals surface area (Å²) in [5.41, 5.74) is 1.71. The van der Waals surface area contributed by atoms with Crippen molar-refractivity contribution in [3.05, 3.63) is 42.9 Å². The first-order valence-electron chi connectivity index (χ1n) is 4.79. The topological polar surface area (TPSA) is 63.3 Å². The lowest BCUT2D eigenvalue weighted by Crippen LogP contribution is -1.88. The van der Waals surface area contributed by atoms with Crippen molar-refractivity contribution in [2.75, 3.05) is 0 Å². The summed E-state index contributed by atoms with van der Waals surface area (Å²) in [6.45, 7) is 0. The monoisotopic (exact) mass is 212 g/mol. The molecule has 0 aliphatic carbocycles. The predicted octanol–water partition coefficient (Wildman–Crippen LogP) is 1.50. The molecule has 1 N–H and O–H groups in total.